The predicted octanol–water partition coefficient (Wildman–Crippen LogP) is 3.41. The molecule has 2 aromatic rings. The Kier molecular flexibility index (Phi) is 3.94. The van der Waals surface area contributed by atoms with Crippen LogP contribution in [-0.2, 0) is 6.42 Å². The number of hydrogen-bond donors (Lipinski definition) is 0. The zero-order valence-corrected chi connectivity index (χ0v) is 16.3. The molecular weight excluding hydrogens is 368 g/mol. The number of carbonyl (C=O) groups is 1. The van der Waals surface area contributed by atoms with Crippen LogP contribution in [0, 0.1) is 18.8 Å². The van der Waals surface area contributed by atoms with E-state index in [1.807, 2.05) is 25.1 Å². The molecule has 4 heterocycles. The highest BCUT2D eigenvalue weighted by Crippen LogP contribution is 2.44. The molecule has 1 aliphatic carbocycles. The number of aromatic nitrogens is 2. The molecule has 1 amide bonds. The Morgan fingerprint density at radius 3 is 2.96 bits per heavy atom. The molecule has 0 aromatic carbocycles. The zero-order valence-electron chi connectivity index (χ0n) is 14.7. The fourth-order valence-corrected chi connectivity index (χ4v) is 5.99. The summed E-state index contributed by atoms with van der Waals surface area (Å²) in [7, 11) is 0. The maximum Gasteiger partial charge on any atom is 0.263 e. The molecule has 26 heavy (non-hydrogen) atoms. The van der Waals surface area contributed by atoms with Gasteiger partial charge in [0.2, 0.25) is 0 Å². The highest BCUT2D eigenvalue weighted by Gasteiger charge is 2.47. The lowest BCUT2D eigenvalue weighted by Crippen LogP contribution is -2.40. The van der Waals surface area contributed by atoms with Crippen molar-refractivity contribution in [3.8, 4) is 0 Å². The number of thiophene rings is 1. The average Bonchev–Trinajstić information content (AvgIpc) is 3.36. The first-order chi connectivity index (χ1) is 12.6. The van der Waals surface area contributed by atoms with Gasteiger partial charge in [-0.15, -0.1) is 21.5 Å². The number of anilines is 1. The van der Waals surface area contributed by atoms with Crippen LogP contribution < -0.4 is 4.90 Å². The summed E-state index contributed by atoms with van der Waals surface area (Å²) in [6, 6.07) is 6.39. The summed E-state index contributed by atoms with van der Waals surface area (Å²) in [4.78, 5) is 19.4. The van der Waals surface area contributed by atoms with E-state index in [1.54, 1.807) is 11.3 Å². The number of aryl methyl sites for hydroxylation is 1. The molecule has 5 rings (SSSR count). The van der Waals surface area contributed by atoms with Gasteiger partial charge in [-0.2, -0.15) is 0 Å². The minimum Gasteiger partial charge on any atom is -0.351 e. The molecule has 2 aromatic heterocycles. The minimum absolute atomic E-state index is 0.199. The van der Waals surface area contributed by atoms with Crippen molar-refractivity contribution in [1.29, 1.82) is 0 Å². The maximum atomic E-state index is 12.8. The fraction of sp³-hybridized carbons (Fsp3) is 0.526. The summed E-state index contributed by atoms with van der Waals surface area (Å²) in [5.41, 5.74) is 1.20. The summed E-state index contributed by atoms with van der Waals surface area (Å²) < 4.78 is 0. The van der Waals surface area contributed by atoms with E-state index in [1.165, 1.54) is 23.3 Å². The van der Waals surface area contributed by atoms with Crippen molar-refractivity contribution in [1.82, 2.24) is 15.1 Å². The van der Waals surface area contributed by atoms with E-state index in [-0.39, 0.29) is 5.91 Å². The number of amides is 1. The third kappa shape index (κ3) is 2.62. The second kappa shape index (κ2) is 6.20. The largest absolute Gasteiger partial charge is 0.351 e. The van der Waals surface area contributed by atoms with Gasteiger partial charge in [-0.25, -0.2) is 0 Å². The molecule has 1 saturated heterocycles. The van der Waals surface area contributed by atoms with E-state index in [9.17, 15) is 4.79 Å². The van der Waals surface area contributed by atoms with Gasteiger partial charge in [0, 0.05) is 42.0 Å². The Bertz CT molecular complexity index is 869. The SMILES string of the molecule is Cc1ccc(C(=O)N2C[C@H]3CC[C@H](N4CCc5cc(Cl)nnc54)[C@H]3C2)s1. The van der Waals surface area contributed by atoms with Gasteiger partial charge in [0.15, 0.2) is 11.0 Å². The van der Waals surface area contributed by atoms with Crippen molar-refractivity contribution >= 4 is 34.7 Å². The van der Waals surface area contributed by atoms with Gasteiger partial charge >= 0.3 is 0 Å². The van der Waals surface area contributed by atoms with Gasteiger partial charge in [0.25, 0.3) is 5.91 Å². The van der Waals surface area contributed by atoms with Gasteiger partial charge in [-0.05, 0) is 50.3 Å². The summed E-state index contributed by atoms with van der Waals surface area (Å²) in [5.74, 6) is 2.33. The van der Waals surface area contributed by atoms with Crippen LogP contribution in [0.15, 0.2) is 18.2 Å². The topological polar surface area (TPSA) is 49.3 Å². The second-order valence-electron chi connectivity index (χ2n) is 7.65. The van der Waals surface area contributed by atoms with Gasteiger partial charge in [0.05, 0.1) is 4.88 Å². The Morgan fingerprint density at radius 2 is 2.15 bits per heavy atom. The highest BCUT2D eigenvalue weighted by atomic mass is 35.5. The third-order valence-corrected chi connectivity index (χ3v) is 7.35. The van der Waals surface area contributed by atoms with Gasteiger partial charge in [-0.3, -0.25) is 4.79 Å². The van der Waals surface area contributed by atoms with Gasteiger partial charge < -0.3 is 9.80 Å². The Morgan fingerprint density at radius 1 is 1.27 bits per heavy atom. The lowest BCUT2D eigenvalue weighted by molar-refractivity contribution is 0.0784. The monoisotopic (exact) mass is 388 g/mol. The molecule has 2 fully saturated rings. The van der Waals surface area contributed by atoms with Gasteiger partial charge in [-0.1, -0.05) is 11.6 Å². The molecule has 0 N–H and O–H groups in total. The van der Waals surface area contributed by atoms with Crippen LogP contribution in [0.3, 0.4) is 0 Å². The predicted molar refractivity (Wildman–Crippen MR) is 103 cm³/mol. The minimum atomic E-state index is 0.199. The van der Waals surface area contributed by atoms with Gasteiger partial charge in [0.1, 0.15) is 0 Å². The molecule has 0 unspecified atom stereocenters. The van der Waals surface area contributed by atoms with Crippen LogP contribution in [0.4, 0.5) is 5.82 Å². The first-order valence-corrected chi connectivity index (χ1v) is 10.4. The molecule has 3 atom stereocenters. The smallest absolute Gasteiger partial charge is 0.263 e. The quantitative estimate of drug-likeness (QED) is 0.791. The third-order valence-electron chi connectivity index (χ3n) is 6.17. The molecule has 136 valence electrons. The van der Waals surface area contributed by atoms with Crippen molar-refractivity contribution in [2.24, 2.45) is 11.8 Å². The molecule has 7 heteroatoms. The molecular formula is C19H21ClN4OS. The van der Waals surface area contributed by atoms with Crippen molar-refractivity contribution in [3.05, 3.63) is 38.7 Å². The van der Waals surface area contributed by atoms with Crippen LogP contribution in [0.1, 0.15) is 33.0 Å². The number of nitrogens with zero attached hydrogens (tertiary/aromatic N) is 4. The summed E-state index contributed by atoms with van der Waals surface area (Å²) >= 11 is 7.59. The van der Waals surface area contributed by atoms with Crippen molar-refractivity contribution < 1.29 is 4.79 Å². The van der Waals surface area contributed by atoms with E-state index in [4.69, 9.17) is 11.6 Å². The van der Waals surface area contributed by atoms with Crippen LogP contribution in [0.5, 0.6) is 0 Å². The Labute approximate surface area is 162 Å². The lowest BCUT2D eigenvalue weighted by atomic mass is 9.97. The van der Waals surface area contributed by atoms with E-state index in [0.29, 0.717) is 23.0 Å². The van der Waals surface area contributed by atoms with Crippen LogP contribution >= 0.6 is 22.9 Å². The van der Waals surface area contributed by atoms with Crippen LogP contribution in [0.2, 0.25) is 5.15 Å². The standard InChI is InChI=1S/C19H21ClN4OS/c1-11-2-5-16(26-11)19(25)23-9-13-3-4-15(14(13)10-23)24-7-6-12-8-17(20)21-22-18(12)24/h2,5,8,13-15H,3-4,6-7,9-10H2,1H3/t13-,14+,15+/m1/s1. The number of fused-ring (bicyclic) bond motifs is 2. The summed E-state index contributed by atoms with van der Waals surface area (Å²) in [5, 5.41) is 8.89. The number of hydrogen-bond acceptors (Lipinski definition) is 5. The first-order valence-electron chi connectivity index (χ1n) is 9.24. The van der Waals surface area contributed by atoms with Crippen molar-refractivity contribution in [3.63, 3.8) is 0 Å². The maximum absolute atomic E-state index is 12.8. The number of carbonyl (C=O) groups excluding carboxylic acids is 1. The summed E-state index contributed by atoms with van der Waals surface area (Å²) in [6.07, 6.45) is 3.35. The van der Waals surface area contributed by atoms with Crippen molar-refractivity contribution in [2.75, 3.05) is 24.5 Å². The number of likely N-dealkylation sites (tertiary alicyclic amines) is 1. The molecule has 0 spiro atoms. The van der Waals surface area contributed by atoms with Crippen LogP contribution in [0.25, 0.3) is 0 Å². The fourth-order valence-electron chi connectivity index (χ4n) is 4.99. The van der Waals surface area contributed by atoms with E-state index < -0.39 is 0 Å². The average molecular weight is 389 g/mol. The second-order valence-corrected chi connectivity index (χ2v) is 9.32. The molecule has 2 aliphatic heterocycles. The molecule has 0 bridgehead atoms. The zero-order chi connectivity index (χ0) is 17.8. The Hall–Kier alpha value is -1.66. The highest BCUT2D eigenvalue weighted by molar-refractivity contribution is 7.13. The Balaban J connectivity index is 1.34. The molecule has 5 nitrogen and oxygen atoms in total. The summed E-state index contributed by atoms with van der Waals surface area (Å²) in [6.45, 7) is 4.78. The lowest BCUT2D eigenvalue weighted by Gasteiger charge is -2.30. The molecule has 1 saturated carbocycles. The van der Waals surface area contributed by atoms with Crippen LogP contribution in [-0.4, -0.2) is 46.7 Å². The first kappa shape index (κ1) is 16.5. The number of rotatable bonds is 2. The normalized spacial score (nSPS) is 27.1. The van der Waals surface area contributed by atoms with E-state index in [2.05, 4.69) is 20.0 Å². The van der Waals surface area contributed by atoms with E-state index in [0.717, 1.165) is 36.8 Å². The van der Waals surface area contributed by atoms with E-state index >= 15 is 0 Å². The van der Waals surface area contributed by atoms with Crippen molar-refractivity contribution in [2.45, 2.75) is 32.2 Å². The molecule has 3 aliphatic rings. The molecule has 0 radical (unpaired) electrons. The number of halogens is 1.